The van der Waals surface area contributed by atoms with E-state index in [1.807, 2.05) is 13.0 Å². The summed E-state index contributed by atoms with van der Waals surface area (Å²) >= 11 is 0. The summed E-state index contributed by atoms with van der Waals surface area (Å²) in [6.07, 6.45) is 3.86. The fourth-order valence-corrected chi connectivity index (χ4v) is 2.51. The molecule has 0 aliphatic carbocycles. The first-order valence-electron chi connectivity index (χ1n) is 6.77. The van der Waals surface area contributed by atoms with Gasteiger partial charge in [0.1, 0.15) is 18.1 Å². The Bertz CT molecular complexity index is 376. The molecule has 4 nitrogen and oxygen atoms in total. The SMILES string of the molecule is Cc1cc(COCC2CCCCN2C)oc1CN. The van der Waals surface area contributed by atoms with Crippen LogP contribution in [0.25, 0.3) is 0 Å². The zero-order valence-corrected chi connectivity index (χ0v) is 11.4. The Morgan fingerprint density at radius 2 is 2.33 bits per heavy atom. The van der Waals surface area contributed by atoms with Gasteiger partial charge in [-0.15, -0.1) is 0 Å². The maximum absolute atomic E-state index is 5.77. The van der Waals surface area contributed by atoms with Crippen molar-refractivity contribution in [3.63, 3.8) is 0 Å². The first kappa shape index (κ1) is 13.6. The molecule has 1 unspecified atom stereocenters. The lowest BCUT2D eigenvalue weighted by Gasteiger charge is -2.32. The summed E-state index contributed by atoms with van der Waals surface area (Å²) in [6, 6.07) is 2.58. The number of ether oxygens (including phenoxy) is 1. The van der Waals surface area contributed by atoms with Gasteiger partial charge in [0.05, 0.1) is 13.2 Å². The van der Waals surface area contributed by atoms with Crippen LogP contribution in [-0.4, -0.2) is 31.1 Å². The molecular weight excluding hydrogens is 228 g/mol. The van der Waals surface area contributed by atoms with Gasteiger partial charge in [-0.05, 0) is 45.0 Å². The molecule has 1 atom stereocenters. The summed E-state index contributed by atoms with van der Waals surface area (Å²) in [7, 11) is 2.18. The molecule has 1 aliphatic rings. The third-order valence-electron chi connectivity index (χ3n) is 3.73. The van der Waals surface area contributed by atoms with Crippen molar-refractivity contribution in [2.24, 2.45) is 5.73 Å². The van der Waals surface area contributed by atoms with Gasteiger partial charge in [-0.3, -0.25) is 0 Å². The molecule has 2 rings (SSSR count). The van der Waals surface area contributed by atoms with Gasteiger partial charge in [0.25, 0.3) is 0 Å². The van der Waals surface area contributed by atoms with Crippen LogP contribution in [0.5, 0.6) is 0 Å². The molecule has 1 aromatic rings. The van der Waals surface area contributed by atoms with Gasteiger partial charge in [-0.2, -0.15) is 0 Å². The molecule has 1 aliphatic heterocycles. The minimum Gasteiger partial charge on any atom is -0.462 e. The van der Waals surface area contributed by atoms with E-state index in [2.05, 4.69) is 11.9 Å². The molecule has 1 saturated heterocycles. The molecular formula is C14H24N2O2. The fraction of sp³-hybridized carbons (Fsp3) is 0.714. The Hall–Kier alpha value is -0.840. The minimum absolute atomic E-state index is 0.456. The molecule has 2 N–H and O–H groups in total. The van der Waals surface area contributed by atoms with Crippen LogP contribution < -0.4 is 5.73 Å². The Kier molecular flexibility index (Phi) is 4.80. The van der Waals surface area contributed by atoms with Crippen LogP contribution in [0.3, 0.4) is 0 Å². The maximum Gasteiger partial charge on any atom is 0.130 e. The van der Waals surface area contributed by atoms with E-state index in [1.54, 1.807) is 0 Å². The lowest BCUT2D eigenvalue weighted by molar-refractivity contribution is 0.0371. The second-order valence-corrected chi connectivity index (χ2v) is 5.17. The van der Waals surface area contributed by atoms with Crippen molar-refractivity contribution >= 4 is 0 Å². The van der Waals surface area contributed by atoms with Gasteiger partial charge in [0.15, 0.2) is 0 Å². The van der Waals surface area contributed by atoms with E-state index >= 15 is 0 Å². The number of likely N-dealkylation sites (tertiary alicyclic amines) is 1. The van der Waals surface area contributed by atoms with Crippen LogP contribution in [0.15, 0.2) is 10.5 Å². The van der Waals surface area contributed by atoms with Crippen molar-refractivity contribution in [1.29, 1.82) is 0 Å². The number of hydrogen-bond donors (Lipinski definition) is 1. The van der Waals surface area contributed by atoms with E-state index in [0.717, 1.165) is 23.7 Å². The second-order valence-electron chi connectivity index (χ2n) is 5.17. The van der Waals surface area contributed by atoms with Crippen LogP contribution >= 0.6 is 0 Å². The summed E-state index contributed by atoms with van der Waals surface area (Å²) in [5, 5.41) is 0. The first-order chi connectivity index (χ1) is 8.70. The van der Waals surface area contributed by atoms with Crippen molar-refractivity contribution in [1.82, 2.24) is 4.90 Å². The molecule has 0 amide bonds. The second kappa shape index (κ2) is 6.36. The molecule has 0 aromatic carbocycles. The monoisotopic (exact) mass is 252 g/mol. The Morgan fingerprint density at radius 3 is 3.00 bits per heavy atom. The molecule has 1 fully saturated rings. The first-order valence-corrected chi connectivity index (χ1v) is 6.77. The van der Waals surface area contributed by atoms with E-state index in [0.29, 0.717) is 19.2 Å². The summed E-state index contributed by atoms with van der Waals surface area (Å²) in [5.41, 5.74) is 6.70. The average Bonchev–Trinajstić information content (AvgIpc) is 2.72. The minimum atomic E-state index is 0.456. The predicted molar refractivity (Wildman–Crippen MR) is 71.3 cm³/mol. The number of likely N-dealkylation sites (N-methyl/N-ethyl adjacent to an activating group) is 1. The highest BCUT2D eigenvalue weighted by molar-refractivity contribution is 5.19. The van der Waals surface area contributed by atoms with Crippen molar-refractivity contribution in [2.75, 3.05) is 20.2 Å². The van der Waals surface area contributed by atoms with Crippen molar-refractivity contribution in [2.45, 2.75) is 45.4 Å². The van der Waals surface area contributed by atoms with Crippen molar-refractivity contribution in [3.05, 3.63) is 23.2 Å². The zero-order chi connectivity index (χ0) is 13.0. The zero-order valence-electron chi connectivity index (χ0n) is 11.4. The van der Waals surface area contributed by atoms with Gasteiger partial charge in [0, 0.05) is 6.04 Å². The summed E-state index contributed by atoms with van der Waals surface area (Å²) in [5.74, 6) is 1.75. The number of piperidine rings is 1. The standard InChI is InChI=1S/C14H24N2O2/c1-11-7-13(18-14(11)8-15)10-17-9-12-5-3-4-6-16(12)2/h7,12H,3-6,8-10,15H2,1-2H3. The van der Waals surface area contributed by atoms with Crippen molar-refractivity contribution in [3.8, 4) is 0 Å². The van der Waals surface area contributed by atoms with E-state index in [4.69, 9.17) is 14.9 Å². The smallest absolute Gasteiger partial charge is 0.130 e. The molecule has 102 valence electrons. The predicted octanol–water partition coefficient (Wildman–Crippen LogP) is 2.05. The van der Waals surface area contributed by atoms with Crippen LogP contribution in [-0.2, 0) is 17.9 Å². The van der Waals surface area contributed by atoms with Crippen molar-refractivity contribution < 1.29 is 9.15 Å². The van der Waals surface area contributed by atoms with Gasteiger partial charge in [-0.1, -0.05) is 6.42 Å². The molecule has 1 aromatic heterocycles. The molecule has 18 heavy (non-hydrogen) atoms. The summed E-state index contributed by atoms with van der Waals surface area (Å²) in [6.45, 7) is 4.99. The number of aryl methyl sites for hydroxylation is 1. The highest BCUT2D eigenvalue weighted by Gasteiger charge is 2.18. The van der Waals surface area contributed by atoms with Crippen LogP contribution in [0.1, 0.15) is 36.3 Å². The Morgan fingerprint density at radius 1 is 1.50 bits per heavy atom. The van der Waals surface area contributed by atoms with E-state index in [1.165, 1.54) is 25.8 Å². The fourth-order valence-electron chi connectivity index (χ4n) is 2.51. The average molecular weight is 252 g/mol. The summed E-state index contributed by atoms with van der Waals surface area (Å²) in [4.78, 5) is 2.39. The summed E-state index contributed by atoms with van der Waals surface area (Å²) < 4.78 is 11.4. The van der Waals surface area contributed by atoms with Gasteiger partial charge in [-0.25, -0.2) is 0 Å². The highest BCUT2D eigenvalue weighted by atomic mass is 16.5. The maximum atomic E-state index is 5.77. The quantitative estimate of drug-likeness (QED) is 0.871. The van der Waals surface area contributed by atoms with E-state index in [-0.39, 0.29) is 0 Å². The molecule has 0 saturated carbocycles. The van der Waals surface area contributed by atoms with Crippen LogP contribution in [0.4, 0.5) is 0 Å². The van der Waals surface area contributed by atoms with Gasteiger partial charge in [0.2, 0.25) is 0 Å². The van der Waals surface area contributed by atoms with Gasteiger partial charge >= 0.3 is 0 Å². The lowest BCUT2D eigenvalue weighted by atomic mass is 10.0. The highest BCUT2D eigenvalue weighted by Crippen LogP contribution is 2.17. The third-order valence-corrected chi connectivity index (χ3v) is 3.73. The topological polar surface area (TPSA) is 51.6 Å². The number of nitrogens with zero attached hydrogens (tertiary/aromatic N) is 1. The molecule has 0 bridgehead atoms. The molecule has 2 heterocycles. The number of rotatable bonds is 5. The third kappa shape index (κ3) is 3.34. The molecule has 0 radical (unpaired) electrons. The number of hydrogen-bond acceptors (Lipinski definition) is 4. The Balaban J connectivity index is 1.77. The normalized spacial score (nSPS) is 21.4. The largest absolute Gasteiger partial charge is 0.462 e. The van der Waals surface area contributed by atoms with Crippen LogP contribution in [0.2, 0.25) is 0 Å². The lowest BCUT2D eigenvalue weighted by Crippen LogP contribution is -2.39. The van der Waals surface area contributed by atoms with Gasteiger partial charge < -0.3 is 19.8 Å². The van der Waals surface area contributed by atoms with E-state index < -0.39 is 0 Å². The van der Waals surface area contributed by atoms with E-state index in [9.17, 15) is 0 Å². The molecule has 4 heteroatoms. The van der Waals surface area contributed by atoms with Crippen LogP contribution in [0, 0.1) is 6.92 Å². The number of nitrogens with two attached hydrogens (primary N) is 1. The molecule has 0 spiro atoms. The Labute approximate surface area is 109 Å². The number of furan rings is 1.